The normalized spacial score (nSPS) is 20.9. The van der Waals surface area contributed by atoms with E-state index in [0.717, 1.165) is 12.8 Å². The Hall–Kier alpha value is -4.04. The smallest absolute Gasteiger partial charge is 0.181 e. The summed E-state index contributed by atoms with van der Waals surface area (Å²) < 4.78 is 5.19. The van der Waals surface area contributed by atoms with Crippen molar-refractivity contribution in [2.75, 3.05) is 0 Å². The predicted octanol–water partition coefficient (Wildman–Crippen LogP) is 6.90. The average molecular weight is 467 g/mol. The van der Waals surface area contributed by atoms with E-state index in [0.29, 0.717) is 0 Å². The standard InChI is InChI=1S/C34H30N2/c1-3-33-30-19-11-9-17-28(30)32-24-26(25-14-6-5-7-15-25)21-23-36(32)34(33,4-2)29-18-10-8-16-27(29)31-20-12-13-22-35(31)33/h5-24H,3-4H2,1-2H3/q+2. The Morgan fingerprint density at radius 3 is 1.72 bits per heavy atom. The Labute approximate surface area is 213 Å². The molecule has 0 radical (unpaired) electrons. The van der Waals surface area contributed by atoms with Gasteiger partial charge in [0.05, 0.1) is 11.1 Å². The van der Waals surface area contributed by atoms with Crippen LogP contribution in [0.25, 0.3) is 33.6 Å². The van der Waals surface area contributed by atoms with Crippen molar-refractivity contribution < 1.29 is 9.13 Å². The van der Waals surface area contributed by atoms with Crippen LogP contribution in [0, 0.1) is 0 Å². The fraction of sp³-hybridized carbons (Fsp3) is 0.176. The minimum absolute atomic E-state index is 0.255. The Morgan fingerprint density at radius 2 is 1.06 bits per heavy atom. The van der Waals surface area contributed by atoms with E-state index in [2.05, 4.69) is 145 Å². The first kappa shape index (κ1) is 21.3. The van der Waals surface area contributed by atoms with Crippen LogP contribution in [0.15, 0.2) is 122 Å². The minimum Gasteiger partial charge on any atom is -0.181 e. The van der Waals surface area contributed by atoms with E-state index < -0.39 is 0 Å². The van der Waals surface area contributed by atoms with Crippen LogP contribution < -0.4 is 9.13 Å². The van der Waals surface area contributed by atoms with Crippen molar-refractivity contribution in [1.82, 2.24) is 0 Å². The molecule has 4 heterocycles. The molecule has 2 atom stereocenters. The lowest BCUT2D eigenvalue weighted by Crippen LogP contribution is -2.81. The first-order valence-electron chi connectivity index (χ1n) is 13.1. The first-order valence-corrected chi connectivity index (χ1v) is 13.1. The zero-order valence-corrected chi connectivity index (χ0v) is 20.9. The third kappa shape index (κ3) is 2.47. The Kier molecular flexibility index (Phi) is 4.56. The summed E-state index contributed by atoms with van der Waals surface area (Å²) in [4.78, 5) is 0. The highest BCUT2D eigenvalue weighted by Crippen LogP contribution is 2.55. The molecule has 2 aliphatic heterocycles. The number of nitrogens with zero attached hydrogens (tertiary/aromatic N) is 2. The van der Waals surface area contributed by atoms with Gasteiger partial charge in [-0.2, -0.15) is 9.13 Å². The van der Waals surface area contributed by atoms with Crippen molar-refractivity contribution in [3.63, 3.8) is 0 Å². The van der Waals surface area contributed by atoms with Crippen LogP contribution >= 0.6 is 0 Å². The number of hydrogen-bond donors (Lipinski definition) is 0. The Balaban J connectivity index is 1.66. The number of rotatable bonds is 3. The fourth-order valence-electron chi connectivity index (χ4n) is 7.39. The average Bonchev–Trinajstić information content (AvgIpc) is 2.97. The van der Waals surface area contributed by atoms with Crippen LogP contribution in [-0.2, 0) is 11.1 Å². The van der Waals surface area contributed by atoms with E-state index in [1.54, 1.807) is 0 Å². The summed E-state index contributed by atoms with van der Waals surface area (Å²) in [5.74, 6) is 0. The van der Waals surface area contributed by atoms with Crippen molar-refractivity contribution >= 4 is 0 Å². The second kappa shape index (κ2) is 7.73. The van der Waals surface area contributed by atoms with Crippen LogP contribution in [0.3, 0.4) is 0 Å². The zero-order chi connectivity index (χ0) is 24.3. The quantitative estimate of drug-likeness (QED) is 0.256. The lowest BCUT2D eigenvalue weighted by molar-refractivity contribution is -0.861. The molecule has 0 fully saturated rings. The molecule has 2 aliphatic rings. The molecule has 2 heteroatoms. The summed E-state index contributed by atoms with van der Waals surface area (Å²) in [6, 6.07) is 40.3. The molecule has 0 saturated heterocycles. The SMILES string of the molecule is CCC12c3ccccc3-c3cc(-c4ccccc4)cc[n+]3C1(CC)c1ccccc1-c1cccc[n+]12. The molecule has 5 aromatic rings. The van der Waals surface area contributed by atoms with Gasteiger partial charge in [-0.1, -0.05) is 80.6 Å². The molecule has 2 unspecified atom stereocenters. The van der Waals surface area contributed by atoms with Gasteiger partial charge >= 0.3 is 0 Å². The third-order valence-corrected chi connectivity index (χ3v) is 8.75. The van der Waals surface area contributed by atoms with E-state index in [1.807, 2.05) is 0 Å². The molecule has 0 saturated carbocycles. The first-order chi connectivity index (χ1) is 17.8. The Morgan fingerprint density at radius 1 is 0.500 bits per heavy atom. The van der Waals surface area contributed by atoms with Gasteiger partial charge in [0, 0.05) is 48.2 Å². The Bertz CT molecular complexity index is 1620. The molecule has 2 aromatic heterocycles. The topological polar surface area (TPSA) is 7.76 Å². The van der Waals surface area contributed by atoms with Crippen LogP contribution in [0.1, 0.15) is 37.8 Å². The van der Waals surface area contributed by atoms with E-state index in [9.17, 15) is 0 Å². The number of benzene rings is 3. The van der Waals surface area contributed by atoms with Gasteiger partial charge in [0.25, 0.3) is 11.1 Å². The van der Waals surface area contributed by atoms with Crippen molar-refractivity contribution in [3.8, 4) is 33.6 Å². The molecule has 7 rings (SSSR count). The number of pyridine rings is 2. The maximum Gasteiger partial charge on any atom is 0.262 e. The van der Waals surface area contributed by atoms with Crippen molar-refractivity contribution in [2.24, 2.45) is 0 Å². The van der Waals surface area contributed by atoms with Crippen LogP contribution in [0.2, 0.25) is 0 Å². The molecule has 0 aliphatic carbocycles. The van der Waals surface area contributed by atoms with Gasteiger partial charge in [-0.05, 0) is 29.3 Å². The van der Waals surface area contributed by atoms with Gasteiger partial charge in [-0.15, -0.1) is 0 Å². The van der Waals surface area contributed by atoms with E-state index in [1.165, 1.54) is 44.8 Å². The summed E-state index contributed by atoms with van der Waals surface area (Å²) in [7, 11) is 0. The van der Waals surface area contributed by atoms with E-state index in [4.69, 9.17) is 0 Å². The van der Waals surface area contributed by atoms with Crippen LogP contribution in [-0.4, -0.2) is 0 Å². The maximum absolute atomic E-state index is 2.60. The van der Waals surface area contributed by atoms with Crippen molar-refractivity contribution in [1.29, 1.82) is 0 Å². The maximum atomic E-state index is 2.60. The zero-order valence-electron chi connectivity index (χ0n) is 20.9. The molecular weight excluding hydrogens is 436 g/mol. The summed E-state index contributed by atoms with van der Waals surface area (Å²) in [5, 5.41) is 0. The van der Waals surface area contributed by atoms with Gasteiger partial charge in [0.2, 0.25) is 11.4 Å². The molecule has 3 aromatic carbocycles. The summed E-state index contributed by atoms with van der Waals surface area (Å²) >= 11 is 0. The lowest BCUT2D eigenvalue weighted by Gasteiger charge is -2.48. The lowest BCUT2D eigenvalue weighted by atomic mass is 9.58. The van der Waals surface area contributed by atoms with Crippen LogP contribution in [0.4, 0.5) is 0 Å². The molecule has 36 heavy (non-hydrogen) atoms. The van der Waals surface area contributed by atoms with Gasteiger partial charge in [0.15, 0.2) is 12.4 Å². The largest absolute Gasteiger partial charge is 0.262 e. The molecular formula is C34H30N2+2. The van der Waals surface area contributed by atoms with Crippen LogP contribution in [0.5, 0.6) is 0 Å². The number of aromatic nitrogens is 2. The highest BCUT2D eigenvalue weighted by Gasteiger charge is 2.72. The van der Waals surface area contributed by atoms with E-state index >= 15 is 0 Å². The fourth-order valence-corrected chi connectivity index (χ4v) is 7.39. The minimum atomic E-state index is -0.268. The molecule has 174 valence electrons. The van der Waals surface area contributed by atoms with Crippen molar-refractivity contribution in [2.45, 2.75) is 37.8 Å². The summed E-state index contributed by atoms with van der Waals surface area (Å²) in [6.07, 6.45) is 6.63. The van der Waals surface area contributed by atoms with Gasteiger partial charge in [0.1, 0.15) is 0 Å². The van der Waals surface area contributed by atoms with Gasteiger partial charge in [-0.3, -0.25) is 0 Å². The number of hydrogen-bond acceptors (Lipinski definition) is 0. The summed E-state index contributed by atoms with van der Waals surface area (Å²) in [6.45, 7) is 4.73. The molecule has 0 N–H and O–H groups in total. The van der Waals surface area contributed by atoms with Gasteiger partial charge in [-0.25, -0.2) is 0 Å². The molecule has 0 amide bonds. The number of fused-ring (bicyclic) bond motifs is 11. The van der Waals surface area contributed by atoms with Crippen molar-refractivity contribution in [3.05, 3.63) is 133 Å². The highest BCUT2D eigenvalue weighted by molar-refractivity contribution is 5.74. The molecule has 0 spiro atoms. The highest BCUT2D eigenvalue weighted by atomic mass is 15.2. The molecule has 2 nitrogen and oxygen atoms in total. The molecule has 0 bridgehead atoms. The second-order valence-corrected chi connectivity index (χ2v) is 10.0. The van der Waals surface area contributed by atoms with Gasteiger partial charge < -0.3 is 0 Å². The monoisotopic (exact) mass is 466 g/mol. The summed E-state index contributed by atoms with van der Waals surface area (Å²) in [5.41, 5.74) is 10.0. The predicted molar refractivity (Wildman–Crippen MR) is 144 cm³/mol. The third-order valence-electron chi connectivity index (χ3n) is 8.75. The van der Waals surface area contributed by atoms with E-state index in [-0.39, 0.29) is 11.1 Å². The second-order valence-electron chi connectivity index (χ2n) is 10.0.